The number of anilines is 1. The predicted octanol–water partition coefficient (Wildman–Crippen LogP) is 2.76. The minimum atomic E-state index is -0.831. The second-order valence-electron chi connectivity index (χ2n) is 5.16. The lowest BCUT2D eigenvalue weighted by Gasteiger charge is -2.10. The molecule has 0 spiro atoms. The van der Waals surface area contributed by atoms with E-state index in [-0.39, 0.29) is 0 Å². The number of hydrogen-bond donors (Lipinski definition) is 2. The third-order valence-electron chi connectivity index (χ3n) is 3.30. The molecule has 2 aromatic rings. The van der Waals surface area contributed by atoms with Crippen LogP contribution in [0.15, 0.2) is 59.7 Å². The maximum absolute atomic E-state index is 11.9. The zero-order valence-corrected chi connectivity index (χ0v) is 14.1. The molecule has 0 aromatic heterocycles. The fraction of sp³-hybridized carbons (Fsp3) is 0.211. The molecular formula is C19H21N3O3. The number of para-hydroxylation sites is 2. The second-order valence-corrected chi connectivity index (χ2v) is 5.16. The molecule has 6 nitrogen and oxygen atoms in total. The van der Waals surface area contributed by atoms with E-state index >= 15 is 0 Å². The van der Waals surface area contributed by atoms with E-state index in [0.29, 0.717) is 24.5 Å². The Kier molecular flexibility index (Phi) is 7.18. The minimum Gasteiger partial charge on any atom is -0.492 e. The summed E-state index contributed by atoms with van der Waals surface area (Å²) < 4.78 is 5.40. The maximum Gasteiger partial charge on any atom is 0.329 e. The number of hydrazone groups is 1. The number of ether oxygens (including phenoxy) is 1. The highest BCUT2D eigenvalue weighted by Crippen LogP contribution is 2.23. The molecule has 0 radical (unpaired) electrons. The smallest absolute Gasteiger partial charge is 0.329 e. The summed E-state index contributed by atoms with van der Waals surface area (Å²) in [7, 11) is 0. The van der Waals surface area contributed by atoms with Gasteiger partial charge >= 0.3 is 11.8 Å². The largest absolute Gasteiger partial charge is 0.492 e. The average Bonchev–Trinajstić information content (AvgIpc) is 2.64. The topological polar surface area (TPSA) is 79.8 Å². The monoisotopic (exact) mass is 339 g/mol. The fourth-order valence-corrected chi connectivity index (χ4v) is 2.13. The predicted molar refractivity (Wildman–Crippen MR) is 97.6 cm³/mol. The molecule has 0 heterocycles. The van der Waals surface area contributed by atoms with Gasteiger partial charge in [-0.25, -0.2) is 5.43 Å². The number of rotatable bonds is 7. The van der Waals surface area contributed by atoms with Crippen LogP contribution in [0.2, 0.25) is 0 Å². The molecule has 0 saturated heterocycles. The van der Waals surface area contributed by atoms with Crippen molar-refractivity contribution >= 4 is 23.7 Å². The Labute approximate surface area is 146 Å². The van der Waals surface area contributed by atoms with Gasteiger partial charge < -0.3 is 10.1 Å². The first-order valence-corrected chi connectivity index (χ1v) is 8.09. The SMILES string of the molecule is CCOc1ccccc1NC(=O)C(=O)N/N=C/CCc1ccccc1. The number of benzene rings is 2. The number of hydrogen-bond acceptors (Lipinski definition) is 4. The molecule has 0 saturated carbocycles. The molecule has 2 aromatic carbocycles. The van der Waals surface area contributed by atoms with Crippen molar-refractivity contribution in [2.45, 2.75) is 19.8 Å². The van der Waals surface area contributed by atoms with Gasteiger partial charge in [0.15, 0.2) is 0 Å². The number of nitrogens with one attached hydrogen (secondary N) is 2. The minimum absolute atomic E-state index is 0.442. The van der Waals surface area contributed by atoms with E-state index in [9.17, 15) is 9.59 Å². The van der Waals surface area contributed by atoms with Gasteiger partial charge in [-0.3, -0.25) is 9.59 Å². The summed E-state index contributed by atoms with van der Waals surface area (Å²) in [5.41, 5.74) is 3.85. The van der Waals surface area contributed by atoms with Gasteiger partial charge in [0.05, 0.1) is 12.3 Å². The molecule has 130 valence electrons. The van der Waals surface area contributed by atoms with Crippen molar-refractivity contribution in [3.8, 4) is 5.75 Å². The van der Waals surface area contributed by atoms with Gasteiger partial charge in [-0.15, -0.1) is 0 Å². The summed E-state index contributed by atoms with van der Waals surface area (Å²) in [6.45, 7) is 2.31. The lowest BCUT2D eigenvalue weighted by atomic mass is 10.1. The van der Waals surface area contributed by atoms with Gasteiger partial charge in [0, 0.05) is 6.21 Å². The van der Waals surface area contributed by atoms with Crippen molar-refractivity contribution < 1.29 is 14.3 Å². The Bertz CT molecular complexity index is 730. The van der Waals surface area contributed by atoms with Gasteiger partial charge in [-0.1, -0.05) is 42.5 Å². The van der Waals surface area contributed by atoms with E-state index < -0.39 is 11.8 Å². The summed E-state index contributed by atoms with van der Waals surface area (Å²) in [6.07, 6.45) is 3.06. The third kappa shape index (κ3) is 6.10. The quantitative estimate of drug-likeness (QED) is 0.462. The number of carbonyl (C=O) groups is 2. The van der Waals surface area contributed by atoms with Crippen molar-refractivity contribution in [3.63, 3.8) is 0 Å². The van der Waals surface area contributed by atoms with Crippen LogP contribution in [-0.2, 0) is 16.0 Å². The van der Waals surface area contributed by atoms with Crippen molar-refractivity contribution in [2.75, 3.05) is 11.9 Å². The average molecular weight is 339 g/mol. The van der Waals surface area contributed by atoms with Crippen LogP contribution in [-0.4, -0.2) is 24.6 Å². The zero-order valence-electron chi connectivity index (χ0n) is 14.1. The van der Waals surface area contributed by atoms with Crippen LogP contribution in [0.5, 0.6) is 5.75 Å². The third-order valence-corrected chi connectivity index (χ3v) is 3.30. The molecule has 0 aliphatic carbocycles. The van der Waals surface area contributed by atoms with Crippen LogP contribution in [0, 0.1) is 0 Å². The molecule has 6 heteroatoms. The molecule has 0 fully saturated rings. The van der Waals surface area contributed by atoms with Gasteiger partial charge in [-0.2, -0.15) is 5.10 Å². The molecule has 0 bridgehead atoms. The summed E-state index contributed by atoms with van der Waals surface area (Å²) in [5, 5.41) is 6.30. The molecular weight excluding hydrogens is 318 g/mol. The van der Waals surface area contributed by atoms with Crippen LogP contribution in [0.25, 0.3) is 0 Å². The van der Waals surface area contributed by atoms with Crippen LogP contribution < -0.4 is 15.5 Å². The number of amides is 2. The van der Waals surface area contributed by atoms with Crippen LogP contribution in [0.3, 0.4) is 0 Å². The maximum atomic E-state index is 11.9. The Balaban J connectivity index is 1.78. The van der Waals surface area contributed by atoms with E-state index in [2.05, 4.69) is 15.8 Å². The van der Waals surface area contributed by atoms with Gasteiger partial charge in [0.1, 0.15) is 5.75 Å². The number of nitrogens with zero attached hydrogens (tertiary/aromatic N) is 1. The van der Waals surface area contributed by atoms with E-state index in [0.717, 1.165) is 6.42 Å². The summed E-state index contributed by atoms with van der Waals surface area (Å²) in [6, 6.07) is 16.9. The van der Waals surface area contributed by atoms with Gasteiger partial charge in [0.25, 0.3) is 0 Å². The number of carbonyl (C=O) groups excluding carboxylic acids is 2. The van der Waals surface area contributed by atoms with E-state index in [1.54, 1.807) is 30.5 Å². The molecule has 2 rings (SSSR count). The highest BCUT2D eigenvalue weighted by Gasteiger charge is 2.14. The Morgan fingerprint density at radius 3 is 2.52 bits per heavy atom. The van der Waals surface area contributed by atoms with E-state index in [1.807, 2.05) is 37.3 Å². The Morgan fingerprint density at radius 1 is 1.04 bits per heavy atom. The molecule has 25 heavy (non-hydrogen) atoms. The Morgan fingerprint density at radius 2 is 1.76 bits per heavy atom. The van der Waals surface area contributed by atoms with E-state index in [1.165, 1.54) is 5.56 Å². The van der Waals surface area contributed by atoms with Gasteiger partial charge in [0.2, 0.25) is 0 Å². The second kappa shape index (κ2) is 9.87. The lowest BCUT2D eigenvalue weighted by molar-refractivity contribution is -0.136. The molecule has 2 N–H and O–H groups in total. The van der Waals surface area contributed by atoms with Crippen molar-refractivity contribution in [3.05, 3.63) is 60.2 Å². The van der Waals surface area contributed by atoms with Crippen LogP contribution in [0.4, 0.5) is 5.69 Å². The Hall–Kier alpha value is -3.15. The standard InChI is InChI=1S/C19H21N3O3/c1-2-25-17-13-7-6-12-16(17)21-18(23)19(24)22-20-14-8-11-15-9-4-3-5-10-15/h3-7,9-10,12-14H,2,8,11H2,1H3,(H,21,23)(H,22,24)/b20-14+. The number of aryl methyl sites for hydroxylation is 1. The fourth-order valence-electron chi connectivity index (χ4n) is 2.13. The molecule has 2 amide bonds. The van der Waals surface area contributed by atoms with Crippen LogP contribution in [0.1, 0.15) is 18.9 Å². The lowest BCUT2D eigenvalue weighted by Crippen LogP contribution is -2.32. The van der Waals surface area contributed by atoms with Crippen molar-refractivity contribution in [1.29, 1.82) is 0 Å². The highest BCUT2D eigenvalue weighted by molar-refractivity contribution is 6.39. The first-order valence-electron chi connectivity index (χ1n) is 8.09. The van der Waals surface area contributed by atoms with Crippen molar-refractivity contribution in [2.24, 2.45) is 5.10 Å². The first-order chi connectivity index (χ1) is 12.2. The highest BCUT2D eigenvalue weighted by atomic mass is 16.5. The summed E-state index contributed by atoms with van der Waals surface area (Å²) in [5.74, 6) is -1.12. The molecule has 0 atom stereocenters. The summed E-state index contributed by atoms with van der Waals surface area (Å²) in [4.78, 5) is 23.7. The summed E-state index contributed by atoms with van der Waals surface area (Å²) >= 11 is 0. The zero-order chi connectivity index (χ0) is 17.9. The normalized spacial score (nSPS) is 10.4. The van der Waals surface area contributed by atoms with E-state index in [4.69, 9.17) is 4.74 Å². The molecule has 0 aliphatic heterocycles. The van der Waals surface area contributed by atoms with Crippen molar-refractivity contribution in [1.82, 2.24) is 5.43 Å². The van der Waals surface area contributed by atoms with Crippen LogP contribution >= 0.6 is 0 Å². The van der Waals surface area contributed by atoms with Gasteiger partial charge in [-0.05, 0) is 37.5 Å². The molecule has 0 unspecified atom stereocenters. The molecule has 0 aliphatic rings. The first kappa shape index (κ1) is 18.2.